The van der Waals surface area contributed by atoms with Gasteiger partial charge >= 0.3 is 0 Å². The average molecular weight is 287 g/mol. The number of hydrogen-bond donors (Lipinski definition) is 2. The Labute approximate surface area is 121 Å². The Hall–Kier alpha value is -0.440. The van der Waals surface area contributed by atoms with E-state index >= 15 is 0 Å². The van der Waals surface area contributed by atoms with Gasteiger partial charge in [-0.1, -0.05) is 18.2 Å². The zero-order chi connectivity index (χ0) is 10.6. The van der Waals surface area contributed by atoms with Crippen molar-refractivity contribution in [1.82, 2.24) is 5.32 Å². The van der Waals surface area contributed by atoms with E-state index in [1.807, 2.05) is 0 Å². The smallest absolute Gasteiger partial charge is 0.0379 e. The Bertz CT molecular complexity index is 424. The molecule has 2 bridgehead atoms. The molecule has 100 valence electrons. The Morgan fingerprint density at radius 2 is 1.67 bits per heavy atom. The van der Waals surface area contributed by atoms with Gasteiger partial charge in [0.05, 0.1) is 0 Å². The van der Waals surface area contributed by atoms with Crippen LogP contribution in [0.1, 0.15) is 31.2 Å². The third-order valence-electron chi connectivity index (χ3n) is 4.72. The predicted octanol–water partition coefficient (Wildman–Crippen LogP) is 3.11. The molecule has 18 heavy (non-hydrogen) atoms. The fourth-order valence-corrected chi connectivity index (χ4v) is 4.07. The molecule has 3 aliphatic rings. The molecule has 0 amide bonds. The van der Waals surface area contributed by atoms with Crippen LogP contribution in [0.3, 0.4) is 0 Å². The second kappa shape index (κ2) is 4.92. The third-order valence-corrected chi connectivity index (χ3v) is 4.72. The lowest BCUT2D eigenvalue weighted by atomic mass is 9.72. The van der Waals surface area contributed by atoms with Gasteiger partial charge in [0, 0.05) is 29.7 Å². The van der Waals surface area contributed by atoms with Crippen LogP contribution < -0.4 is 10.6 Å². The molecule has 1 unspecified atom stereocenters. The second-order valence-electron chi connectivity index (χ2n) is 5.73. The molecule has 3 atom stereocenters. The van der Waals surface area contributed by atoms with Gasteiger partial charge in [0.1, 0.15) is 0 Å². The maximum Gasteiger partial charge on any atom is 0.0379 e. The van der Waals surface area contributed by atoms with Gasteiger partial charge in [0.25, 0.3) is 0 Å². The number of fused-ring (bicyclic) bond motifs is 4. The molecular weight excluding hydrogens is 267 g/mol. The maximum absolute atomic E-state index is 3.74. The summed E-state index contributed by atoms with van der Waals surface area (Å²) < 4.78 is 0. The van der Waals surface area contributed by atoms with E-state index < -0.39 is 0 Å². The third kappa shape index (κ3) is 1.91. The molecule has 1 aromatic rings. The van der Waals surface area contributed by atoms with E-state index in [0.717, 1.165) is 18.6 Å². The van der Waals surface area contributed by atoms with E-state index in [2.05, 4.69) is 34.9 Å². The van der Waals surface area contributed by atoms with Crippen LogP contribution in [-0.2, 0) is 5.41 Å². The standard InChI is InChI=1S/C14H18N2.2ClH/c1-2-4-13-12(3-1)14(9-15-13)7-10-5-6-11(8-14)16-10;;/h1-4,10-11,15-16H,5-9H2;2*1H/t10-,11+,14?;;. The lowest BCUT2D eigenvalue weighted by molar-refractivity contribution is 0.268. The number of halogens is 2. The lowest BCUT2D eigenvalue weighted by Gasteiger charge is -2.38. The van der Waals surface area contributed by atoms with Gasteiger partial charge in [0.15, 0.2) is 0 Å². The Morgan fingerprint density at radius 1 is 1.00 bits per heavy atom. The minimum atomic E-state index is 0. The van der Waals surface area contributed by atoms with E-state index in [0.29, 0.717) is 5.41 Å². The van der Waals surface area contributed by atoms with Crippen LogP contribution in [0.15, 0.2) is 24.3 Å². The fourth-order valence-electron chi connectivity index (χ4n) is 4.07. The van der Waals surface area contributed by atoms with Crippen LogP contribution in [-0.4, -0.2) is 18.6 Å². The van der Waals surface area contributed by atoms with Crippen LogP contribution in [0, 0.1) is 0 Å². The summed E-state index contributed by atoms with van der Waals surface area (Å²) in [5.74, 6) is 0. The zero-order valence-corrected chi connectivity index (χ0v) is 11.9. The summed E-state index contributed by atoms with van der Waals surface area (Å²) in [5, 5.41) is 7.35. The molecule has 0 radical (unpaired) electrons. The van der Waals surface area contributed by atoms with Crippen LogP contribution >= 0.6 is 24.8 Å². The molecule has 4 heteroatoms. The quantitative estimate of drug-likeness (QED) is 0.766. The highest BCUT2D eigenvalue weighted by molar-refractivity contribution is 5.85. The molecular formula is C14H20Cl2N2. The molecule has 1 aromatic carbocycles. The van der Waals surface area contributed by atoms with Crippen LogP contribution in [0.5, 0.6) is 0 Å². The van der Waals surface area contributed by atoms with E-state index in [-0.39, 0.29) is 24.8 Å². The zero-order valence-electron chi connectivity index (χ0n) is 10.3. The van der Waals surface area contributed by atoms with Crippen LogP contribution in [0.25, 0.3) is 0 Å². The number of rotatable bonds is 0. The number of para-hydroxylation sites is 1. The summed E-state index contributed by atoms with van der Waals surface area (Å²) in [6.07, 6.45) is 5.42. The molecule has 4 rings (SSSR count). The molecule has 0 saturated carbocycles. The first-order valence-electron chi connectivity index (χ1n) is 6.45. The van der Waals surface area contributed by atoms with Crippen molar-refractivity contribution in [1.29, 1.82) is 0 Å². The molecule has 3 aliphatic heterocycles. The van der Waals surface area contributed by atoms with Gasteiger partial charge < -0.3 is 10.6 Å². The second-order valence-corrected chi connectivity index (χ2v) is 5.73. The first-order chi connectivity index (χ1) is 7.86. The summed E-state index contributed by atoms with van der Waals surface area (Å²) in [4.78, 5) is 0. The van der Waals surface area contributed by atoms with Gasteiger partial charge in [-0.05, 0) is 37.3 Å². The van der Waals surface area contributed by atoms with Gasteiger partial charge in [-0.15, -0.1) is 24.8 Å². The first-order valence-corrected chi connectivity index (χ1v) is 6.45. The first kappa shape index (κ1) is 14.0. The van der Waals surface area contributed by atoms with Crippen LogP contribution in [0.2, 0.25) is 0 Å². The van der Waals surface area contributed by atoms with Crippen molar-refractivity contribution >= 4 is 30.5 Å². The Balaban J connectivity index is 0.000000602. The summed E-state index contributed by atoms with van der Waals surface area (Å²) in [5.41, 5.74) is 3.39. The number of hydrogen-bond acceptors (Lipinski definition) is 2. The summed E-state index contributed by atoms with van der Waals surface area (Å²) in [6.45, 7) is 1.15. The molecule has 2 N–H and O–H groups in total. The van der Waals surface area contributed by atoms with Crippen molar-refractivity contribution in [3.63, 3.8) is 0 Å². The van der Waals surface area contributed by atoms with Crippen molar-refractivity contribution in [2.24, 2.45) is 0 Å². The topological polar surface area (TPSA) is 24.1 Å². The van der Waals surface area contributed by atoms with Gasteiger partial charge in [0.2, 0.25) is 0 Å². The van der Waals surface area contributed by atoms with E-state index in [1.165, 1.54) is 31.4 Å². The normalized spacial score (nSPS) is 35.3. The largest absolute Gasteiger partial charge is 0.384 e. The van der Waals surface area contributed by atoms with Gasteiger partial charge in [-0.3, -0.25) is 0 Å². The van der Waals surface area contributed by atoms with Gasteiger partial charge in [-0.2, -0.15) is 0 Å². The summed E-state index contributed by atoms with van der Waals surface area (Å²) in [7, 11) is 0. The van der Waals surface area contributed by atoms with E-state index in [4.69, 9.17) is 0 Å². The number of anilines is 1. The number of benzene rings is 1. The molecule has 2 saturated heterocycles. The lowest BCUT2D eigenvalue weighted by Crippen LogP contribution is -2.47. The highest BCUT2D eigenvalue weighted by Crippen LogP contribution is 2.48. The predicted molar refractivity (Wildman–Crippen MR) is 80.3 cm³/mol. The minimum absolute atomic E-state index is 0. The molecule has 2 nitrogen and oxygen atoms in total. The van der Waals surface area contributed by atoms with Crippen molar-refractivity contribution in [2.45, 2.75) is 43.2 Å². The number of nitrogens with one attached hydrogen (secondary N) is 2. The highest BCUT2D eigenvalue weighted by Gasteiger charge is 2.47. The average Bonchev–Trinajstić information content (AvgIpc) is 2.83. The van der Waals surface area contributed by atoms with E-state index in [1.54, 1.807) is 5.56 Å². The number of piperidine rings is 1. The Kier molecular flexibility index (Phi) is 3.82. The fraction of sp³-hybridized carbons (Fsp3) is 0.571. The van der Waals surface area contributed by atoms with Crippen molar-refractivity contribution in [3.05, 3.63) is 29.8 Å². The molecule has 1 spiro atoms. The van der Waals surface area contributed by atoms with Crippen molar-refractivity contribution in [3.8, 4) is 0 Å². The highest BCUT2D eigenvalue weighted by atomic mass is 35.5. The minimum Gasteiger partial charge on any atom is -0.384 e. The monoisotopic (exact) mass is 286 g/mol. The molecule has 2 fully saturated rings. The molecule has 0 aromatic heterocycles. The van der Waals surface area contributed by atoms with Crippen LogP contribution in [0.4, 0.5) is 5.69 Å². The Morgan fingerprint density at radius 3 is 2.39 bits per heavy atom. The maximum atomic E-state index is 3.74. The van der Waals surface area contributed by atoms with Crippen molar-refractivity contribution < 1.29 is 0 Å². The summed E-state index contributed by atoms with van der Waals surface area (Å²) in [6, 6.07) is 10.4. The molecule has 3 heterocycles. The SMILES string of the molecule is Cl.Cl.c1ccc2c(c1)NCC21C[C@H]2CC[C@@H](C1)N2. The van der Waals surface area contributed by atoms with Gasteiger partial charge in [-0.25, -0.2) is 0 Å². The van der Waals surface area contributed by atoms with E-state index in [9.17, 15) is 0 Å². The molecule has 0 aliphatic carbocycles. The van der Waals surface area contributed by atoms with Crippen molar-refractivity contribution in [2.75, 3.05) is 11.9 Å². The summed E-state index contributed by atoms with van der Waals surface area (Å²) >= 11 is 0.